The maximum atomic E-state index is 11.3. The Morgan fingerprint density at radius 2 is 1.67 bits per heavy atom. The molecule has 0 saturated carbocycles. The van der Waals surface area contributed by atoms with Crippen molar-refractivity contribution in [2.75, 3.05) is 13.2 Å². The zero-order chi connectivity index (χ0) is 16.6. The summed E-state index contributed by atoms with van der Waals surface area (Å²) in [6.07, 6.45) is -1.55. The van der Waals surface area contributed by atoms with E-state index in [1.165, 1.54) is 13.8 Å². The van der Waals surface area contributed by atoms with Gasteiger partial charge in [-0.15, -0.1) is 0 Å². The molecule has 0 aromatic heterocycles. The molecule has 1 radical (unpaired) electrons. The molecule has 10 nitrogen and oxygen atoms in total. The summed E-state index contributed by atoms with van der Waals surface area (Å²) in [5.41, 5.74) is -0.937. The molecule has 0 bridgehead atoms. The van der Waals surface area contributed by atoms with E-state index in [4.69, 9.17) is 27.7 Å². The number of aliphatic hydroxyl groups is 2. The quantitative estimate of drug-likeness (QED) is 0.225. The van der Waals surface area contributed by atoms with E-state index in [-0.39, 0.29) is 36.6 Å². The molecule has 0 fully saturated rings. The minimum Gasteiger partial charge on any atom is -0.759 e. The molecule has 0 rings (SSSR count). The molecular weight excluding hydrogens is 353 g/mol. The molecule has 0 aromatic carbocycles. The number of carbonyl (C=O) groups excluding carboxylic acids is 1. The van der Waals surface area contributed by atoms with Gasteiger partial charge in [0.2, 0.25) is 5.91 Å². The fraction of sp³-hybridized carbons (Fsp3) is 0.778. The van der Waals surface area contributed by atoms with Crippen LogP contribution in [-0.2, 0) is 37.1 Å². The van der Waals surface area contributed by atoms with Crippen LogP contribution >= 0.6 is 0 Å². The van der Waals surface area contributed by atoms with Crippen LogP contribution in [0.1, 0.15) is 20.3 Å². The third kappa shape index (κ3) is 17.2. The van der Waals surface area contributed by atoms with Crippen LogP contribution in [0, 0.1) is 5.41 Å². The number of carboxylic acid groups (broad SMARTS) is 1. The SMILES string of the molecule is CC(C)(CO)[C@@H](O)C(=O)NCCC(=O)O.O=S(=O)([O-])[O-].[Mn+2]. The normalized spacial score (nSPS) is 12.3. The van der Waals surface area contributed by atoms with Gasteiger partial charge in [0.1, 0.15) is 6.10 Å². The second-order valence-electron chi connectivity index (χ2n) is 4.39. The van der Waals surface area contributed by atoms with Gasteiger partial charge < -0.3 is 29.7 Å². The maximum absolute atomic E-state index is 11.3. The molecule has 0 aromatic rings. The fourth-order valence-corrected chi connectivity index (χ4v) is 0.831. The molecule has 0 spiro atoms. The smallest absolute Gasteiger partial charge is 0.759 e. The summed E-state index contributed by atoms with van der Waals surface area (Å²) >= 11 is 0. The molecule has 12 heteroatoms. The topological polar surface area (TPSA) is 187 Å². The van der Waals surface area contributed by atoms with E-state index in [9.17, 15) is 14.7 Å². The minimum atomic E-state index is -5.17. The van der Waals surface area contributed by atoms with Crippen molar-refractivity contribution in [3.63, 3.8) is 0 Å². The van der Waals surface area contributed by atoms with Gasteiger partial charge in [-0.25, -0.2) is 0 Å². The summed E-state index contributed by atoms with van der Waals surface area (Å²) in [6.45, 7) is 2.70. The average molecular weight is 370 g/mol. The number of rotatable bonds is 6. The Bertz CT molecular complexity index is 415. The number of aliphatic carboxylic acids is 1. The summed E-state index contributed by atoms with van der Waals surface area (Å²) in [4.78, 5) is 21.4. The first-order valence-corrected chi connectivity index (χ1v) is 6.59. The zero-order valence-corrected chi connectivity index (χ0v) is 13.3. The van der Waals surface area contributed by atoms with Crippen LogP contribution in [0.3, 0.4) is 0 Å². The molecule has 0 saturated heterocycles. The number of amides is 1. The molecule has 125 valence electrons. The Morgan fingerprint density at radius 1 is 1.29 bits per heavy atom. The van der Waals surface area contributed by atoms with Gasteiger partial charge >= 0.3 is 23.0 Å². The molecule has 0 aliphatic carbocycles. The maximum Gasteiger partial charge on any atom is 2.00 e. The zero-order valence-electron chi connectivity index (χ0n) is 11.3. The number of nitrogens with one attached hydrogen (secondary N) is 1. The number of carboxylic acids is 1. The molecular formula is C9H17MnNO9S. The van der Waals surface area contributed by atoms with Crippen molar-refractivity contribution in [3.05, 3.63) is 0 Å². The van der Waals surface area contributed by atoms with E-state index in [0.29, 0.717) is 0 Å². The van der Waals surface area contributed by atoms with Crippen LogP contribution in [0.25, 0.3) is 0 Å². The first kappa shape index (κ1) is 25.2. The number of aliphatic hydroxyl groups excluding tert-OH is 2. The van der Waals surface area contributed by atoms with E-state index < -0.39 is 33.8 Å². The third-order valence-electron chi connectivity index (χ3n) is 2.03. The van der Waals surface area contributed by atoms with Gasteiger partial charge in [0.15, 0.2) is 0 Å². The van der Waals surface area contributed by atoms with Crippen molar-refractivity contribution in [1.29, 1.82) is 0 Å². The first-order chi connectivity index (χ1) is 8.81. The van der Waals surface area contributed by atoms with E-state index >= 15 is 0 Å². The predicted molar refractivity (Wildman–Crippen MR) is 62.6 cm³/mol. The molecule has 21 heavy (non-hydrogen) atoms. The molecule has 0 unspecified atom stereocenters. The molecule has 4 N–H and O–H groups in total. The molecule has 0 heterocycles. The van der Waals surface area contributed by atoms with Crippen molar-refractivity contribution >= 4 is 22.3 Å². The molecule has 0 aliphatic rings. The Balaban J connectivity index is -0.000000465. The third-order valence-corrected chi connectivity index (χ3v) is 2.03. The summed E-state index contributed by atoms with van der Waals surface area (Å²) in [7, 11) is -5.17. The standard InChI is InChI=1S/C9H17NO5.Mn.H2O4S/c1-9(2,5-11)7(14)8(15)10-4-3-6(12)13;;1-5(2,3)4/h7,11,14H,3-5H2,1-2H3,(H,10,15)(H,12,13);;(H2,1,2,3,4)/q;+2;/p-2/t7-;;/m0../s1. The number of hydrogen-bond acceptors (Lipinski definition) is 8. The van der Waals surface area contributed by atoms with Crippen molar-refractivity contribution in [1.82, 2.24) is 5.32 Å². The second-order valence-corrected chi connectivity index (χ2v) is 5.21. The number of hydrogen-bond donors (Lipinski definition) is 4. The van der Waals surface area contributed by atoms with Crippen LogP contribution in [0.2, 0.25) is 0 Å². The van der Waals surface area contributed by atoms with Gasteiger partial charge in [-0.1, -0.05) is 13.8 Å². The summed E-state index contributed by atoms with van der Waals surface area (Å²) in [5, 5.41) is 29.0. The Labute approximate surface area is 132 Å². The van der Waals surface area contributed by atoms with Gasteiger partial charge in [-0.05, 0) is 0 Å². The average Bonchev–Trinajstić information content (AvgIpc) is 2.25. The molecule has 1 atom stereocenters. The van der Waals surface area contributed by atoms with Crippen LogP contribution in [0.15, 0.2) is 0 Å². The number of carbonyl (C=O) groups is 2. The van der Waals surface area contributed by atoms with Crippen LogP contribution in [0.5, 0.6) is 0 Å². The van der Waals surface area contributed by atoms with Crippen LogP contribution in [0.4, 0.5) is 0 Å². The fourth-order valence-electron chi connectivity index (χ4n) is 0.831. The monoisotopic (exact) mass is 370 g/mol. The summed E-state index contributed by atoms with van der Waals surface area (Å²) in [6, 6.07) is 0. The molecule has 1 amide bonds. The summed E-state index contributed by atoms with van der Waals surface area (Å²) in [5.74, 6) is -1.69. The van der Waals surface area contributed by atoms with E-state index in [1.807, 2.05) is 0 Å². The van der Waals surface area contributed by atoms with Crippen molar-refractivity contribution in [3.8, 4) is 0 Å². The van der Waals surface area contributed by atoms with Crippen LogP contribution < -0.4 is 5.32 Å². The van der Waals surface area contributed by atoms with Crippen molar-refractivity contribution < 1.29 is 59.5 Å². The van der Waals surface area contributed by atoms with Gasteiger partial charge in [-0.3, -0.25) is 18.0 Å². The van der Waals surface area contributed by atoms with Crippen molar-refractivity contribution in [2.24, 2.45) is 5.41 Å². The summed E-state index contributed by atoms with van der Waals surface area (Å²) < 4.78 is 34.1. The largest absolute Gasteiger partial charge is 2.00 e. The van der Waals surface area contributed by atoms with Gasteiger partial charge in [-0.2, -0.15) is 0 Å². The Morgan fingerprint density at radius 3 is 1.95 bits per heavy atom. The first-order valence-electron chi connectivity index (χ1n) is 5.26. The van der Waals surface area contributed by atoms with Gasteiger partial charge in [0, 0.05) is 22.4 Å². The second kappa shape index (κ2) is 10.9. The van der Waals surface area contributed by atoms with E-state index in [0.717, 1.165) is 0 Å². The minimum absolute atomic E-state index is 0. The van der Waals surface area contributed by atoms with Crippen LogP contribution in [-0.4, -0.2) is 64.0 Å². The van der Waals surface area contributed by atoms with E-state index in [1.54, 1.807) is 0 Å². The Kier molecular flexibility index (Phi) is 13.1. The van der Waals surface area contributed by atoms with E-state index in [2.05, 4.69) is 5.32 Å². The Hall–Kier alpha value is -0.751. The van der Waals surface area contributed by atoms with Gasteiger partial charge in [0.25, 0.3) is 0 Å². The van der Waals surface area contributed by atoms with Crippen molar-refractivity contribution in [2.45, 2.75) is 26.4 Å². The predicted octanol–water partition coefficient (Wildman–Crippen LogP) is -2.38. The molecule has 0 aliphatic heterocycles. The van der Waals surface area contributed by atoms with Gasteiger partial charge in [0.05, 0.1) is 13.0 Å².